The third-order valence-electron chi connectivity index (χ3n) is 4.86. The molecular formula is C20H20ClN3O3S2. The highest BCUT2D eigenvalue weighted by Crippen LogP contribution is 2.35. The van der Waals surface area contributed by atoms with E-state index in [1.54, 1.807) is 24.3 Å². The molecular weight excluding hydrogens is 430 g/mol. The Hall–Kier alpha value is -2.03. The first kappa shape index (κ1) is 20.3. The number of sulfone groups is 1. The van der Waals surface area contributed by atoms with Gasteiger partial charge in [-0.05, 0) is 37.3 Å². The average Bonchev–Trinajstić information content (AvgIpc) is 3.12. The Morgan fingerprint density at radius 2 is 2.00 bits per heavy atom. The predicted octanol–water partition coefficient (Wildman–Crippen LogP) is 3.36. The number of hydrogen-bond donors (Lipinski definition) is 1. The fraction of sp³-hybridized carbons (Fsp3) is 0.300. The molecule has 0 radical (unpaired) electrons. The highest BCUT2D eigenvalue weighted by molar-refractivity contribution is 8.14. The number of anilines is 2. The van der Waals surface area contributed by atoms with Gasteiger partial charge in [0.25, 0.3) is 0 Å². The van der Waals surface area contributed by atoms with Crippen LogP contribution in [0.1, 0.15) is 5.56 Å². The minimum absolute atomic E-state index is 0.0544. The van der Waals surface area contributed by atoms with E-state index in [4.69, 9.17) is 11.6 Å². The lowest BCUT2D eigenvalue weighted by Gasteiger charge is -2.26. The molecule has 0 aliphatic carbocycles. The lowest BCUT2D eigenvalue weighted by Crippen LogP contribution is -2.39. The van der Waals surface area contributed by atoms with E-state index in [1.165, 1.54) is 11.8 Å². The van der Waals surface area contributed by atoms with Gasteiger partial charge in [-0.3, -0.25) is 9.79 Å². The van der Waals surface area contributed by atoms with Gasteiger partial charge in [0.15, 0.2) is 15.0 Å². The summed E-state index contributed by atoms with van der Waals surface area (Å²) in [6.07, 6.45) is 0. The number of hydrogen-bond acceptors (Lipinski definition) is 6. The molecule has 1 saturated heterocycles. The van der Waals surface area contributed by atoms with Gasteiger partial charge in [0.1, 0.15) is 0 Å². The number of halogens is 1. The van der Waals surface area contributed by atoms with Crippen LogP contribution < -0.4 is 10.2 Å². The predicted molar refractivity (Wildman–Crippen MR) is 120 cm³/mol. The summed E-state index contributed by atoms with van der Waals surface area (Å²) in [5.41, 5.74) is 2.65. The maximum atomic E-state index is 12.4. The van der Waals surface area contributed by atoms with Crippen molar-refractivity contribution in [2.45, 2.75) is 19.0 Å². The quantitative estimate of drug-likeness (QED) is 0.774. The fourth-order valence-electron chi connectivity index (χ4n) is 3.53. The molecule has 2 aliphatic rings. The molecule has 9 heteroatoms. The number of nitrogens with zero attached hydrogens (tertiary/aromatic N) is 2. The molecule has 0 saturated carbocycles. The number of amides is 1. The Morgan fingerprint density at radius 3 is 2.72 bits per heavy atom. The maximum absolute atomic E-state index is 12.4. The molecule has 2 aliphatic heterocycles. The smallest absolute Gasteiger partial charge is 0.234 e. The first-order valence-electron chi connectivity index (χ1n) is 9.13. The van der Waals surface area contributed by atoms with Gasteiger partial charge in [-0.2, -0.15) is 0 Å². The molecule has 2 heterocycles. The minimum Gasteiger partial charge on any atom is -0.325 e. The van der Waals surface area contributed by atoms with Crippen molar-refractivity contribution in [3.05, 3.63) is 59.1 Å². The number of thioether (sulfide) groups is 1. The Kier molecular flexibility index (Phi) is 5.59. The third-order valence-corrected chi connectivity index (χ3v) is 7.76. The summed E-state index contributed by atoms with van der Waals surface area (Å²) in [6.45, 7) is 2.00. The molecule has 6 nitrogen and oxygen atoms in total. The number of nitrogens with one attached hydrogen (secondary N) is 1. The molecule has 2 aromatic rings. The Morgan fingerprint density at radius 1 is 1.24 bits per heavy atom. The van der Waals surface area contributed by atoms with Crippen LogP contribution in [0, 0.1) is 6.92 Å². The summed E-state index contributed by atoms with van der Waals surface area (Å²) in [5, 5.41) is 4.05. The van der Waals surface area contributed by atoms with Gasteiger partial charge in [0, 0.05) is 16.4 Å². The van der Waals surface area contributed by atoms with Crippen LogP contribution in [0.4, 0.5) is 11.4 Å². The number of aliphatic imine (C=N–C) groups is 1. The standard InChI is InChI=1S/C20H20ClN3O3S2/c1-13-5-7-16(8-6-13)24-18-12-29(26,27)11-17(18)23-20(24)28-10-19(25)22-15-4-2-3-14(21)9-15/h2-9,17-18H,10-12H2,1H3,(H,22,25)/t17-,18-/m1/s1. The zero-order chi connectivity index (χ0) is 20.6. The average molecular weight is 450 g/mol. The second-order valence-corrected chi connectivity index (χ2v) is 10.7. The van der Waals surface area contributed by atoms with E-state index in [2.05, 4.69) is 10.3 Å². The summed E-state index contributed by atoms with van der Waals surface area (Å²) in [7, 11) is -3.10. The summed E-state index contributed by atoms with van der Waals surface area (Å²) in [5.74, 6) is 0.125. The topological polar surface area (TPSA) is 78.8 Å². The molecule has 0 spiro atoms. The van der Waals surface area contributed by atoms with Crippen LogP contribution in [0.3, 0.4) is 0 Å². The molecule has 1 fully saturated rings. The molecule has 4 rings (SSSR count). The number of aryl methyl sites for hydroxylation is 1. The molecule has 152 valence electrons. The van der Waals surface area contributed by atoms with Crippen molar-refractivity contribution in [3.8, 4) is 0 Å². The van der Waals surface area contributed by atoms with Gasteiger partial charge in [-0.25, -0.2) is 8.42 Å². The Bertz CT molecular complexity index is 1070. The van der Waals surface area contributed by atoms with Gasteiger partial charge in [-0.15, -0.1) is 0 Å². The summed E-state index contributed by atoms with van der Waals surface area (Å²) >= 11 is 7.27. The van der Waals surface area contributed by atoms with E-state index >= 15 is 0 Å². The first-order valence-corrected chi connectivity index (χ1v) is 12.3. The van der Waals surface area contributed by atoms with Gasteiger partial charge in [-0.1, -0.05) is 47.1 Å². The van der Waals surface area contributed by atoms with Gasteiger partial charge in [0.05, 0.1) is 29.3 Å². The first-order chi connectivity index (χ1) is 13.8. The van der Waals surface area contributed by atoms with Gasteiger partial charge in [0.2, 0.25) is 5.91 Å². The van der Waals surface area contributed by atoms with E-state index < -0.39 is 9.84 Å². The van der Waals surface area contributed by atoms with Crippen molar-refractivity contribution < 1.29 is 13.2 Å². The highest BCUT2D eigenvalue weighted by atomic mass is 35.5. The lowest BCUT2D eigenvalue weighted by molar-refractivity contribution is -0.113. The summed E-state index contributed by atoms with van der Waals surface area (Å²) < 4.78 is 24.2. The fourth-order valence-corrected chi connectivity index (χ4v) is 6.49. The van der Waals surface area contributed by atoms with Crippen molar-refractivity contribution in [3.63, 3.8) is 0 Å². The molecule has 0 bridgehead atoms. The molecule has 2 atom stereocenters. The highest BCUT2D eigenvalue weighted by Gasteiger charge is 2.47. The number of fused-ring (bicyclic) bond motifs is 1. The largest absolute Gasteiger partial charge is 0.325 e. The second-order valence-electron chi connectivity index (χ2n) is 7.18. The van der Waals surface area contributed by atoms with Crippen LogP contribution in [0.2, 0.25) is 5.02 Å². The molecule has 0 unspecified atom stereocenters. The number of benzene rings is 2. The Balaban J connectivity index is 1.50. The zero-order valence-electron chi connectivity index (χ0n) is 15.7. The normalized spacial score (nSPS) is 22.3. The number of carbonyl (C=O) groups is 1. The lowest BCUT2D eigenvalue weighted by atomic mass is 10.1. The van der Waals surface area contributed by atoms with E-state index in [1.807, 2.05) is 36.1 Å². The van der Waals surface area contributed by atoms with Gasteiger partial charge < -0.3 is 10.2 Å². The van der Waals surface area contributed by atoms with Crippen LogP contribution in [-0.4, -0.2) is 48.8 Å². The molecule has 0 aromatic heterocycles. The molecule has 1 amide bonds. The van der Waals surface area contributed by atoms with E-state index in [-0.39, 0.29) is 35.2 Å². The molecule has 2 aromatic carbocycles. The van der Waals surface area contributed by atoms with E-state index in [0.29, 0.717) is 15.9 Å². The monoisotopic (exact) mass is 449 g/mol. The van der Waals surface area contributed by atoms with Crippen LogP contribution in [0.15, 0.2) is 53.5 Å². The van der Waals surface area contributed by atoms with Crippen molar-refractivity contribution in [1.82, 2.24) is 0 Å². The zero-order valence-corrected chi connectivity index (χ0v) is 18.1. The van der Waals surface area contributed by atoms with E-state index in [9.17, 15) is 13.2 Å². The van der Waals surface area contributed by atoms with Crippen molar-refractivity contribution in [2.75, 3.05) is 27.5 Å². The molecule has 1 N–H and O–H groups in total. The van der Waals surface area contributed by atoms with Crippen molar-refractivity contribution >= 4 is 55.6 Å². The number of rotatable bonds is 4. The van der Waals surface area contributed by atoms with Crippen LogP contribution in [0.25, 0.3) is 0 Å². The van der Waals surface area contributed by atoms with E-state index in [0.717, 1.165) is 11.3 Å². The second kappa shape index (κ2) is 8.01. The van der Waals surface area contributed by atoms with Crippen LogP contribution >= 0.6 is 23.4 Å². The molecule has 29 heavy (non-hydrogen) atoms. The van der Waals surface area contributed by atoms with Crippen molar-refractivity contribution in [1.29, 1.82) is 0 Å². The van der Waals surface area contributed by atoms with Crippen LogP contribution in [-0.2, 0) is 14.6 Å². The van der Waals surface area contributed by atoms with Crippen LogP contribution in [0.5, 0.6) is 0 Å². The van der Waals surface area contributed by atoms with Crippen molar-refractivity contribution in [2.24, 2.45) is 4.99 Å². The number of carbonyl (C=O) groups excluding carboxylic acids is 1. The SMILES string of the molecule is Cc1ccc(N2C(SCC(=O)Nc3cccc(Cl)c3)=N[C@@H]3CS(=O)(=O)C[C@H]32)cc1. The number of amidine groups is 1. The maximum Gasteiger partial charge on any atom is 0.234 e. The summed E-state index contributed by atoms with van der Waals surface area (Å²) in [4.78, 5) is 19.0. The third kappa shape index (κ3) is 4.60. The van der Waals surface area contributed by atoms with Gasteiger partial charge >= 0.3 is 0 Å². The minimum atomic E-state index is -3.10. The Labute approximate surface area is 179 Å². The summed E-state index contributed by atoms with van der Waals surface area (Å²) in [6, 6.07) is 14.4.